The summed E-state index contributed by atoms with van der Waals surface area (Å²) in [4.78, 5) is 10.7. The van der Waals surface area contributed by atoms with Gasteiger partial charge >= 0.3 is 6.16 Å². The predicted octanol–water partition coefficient (Wildman–Crippen LogP) is 1.04. The summed E-state index contributed by atoms with van der Waals surface area (Å²) < 4.78 is 28.4. The molecule has 4 nitrogen and oxygen atoms in total. The number of halogens is 1. The largest absolute Gasteiger partial charge is 0.508 e. The van der Waals surface area contributed by atoms with Crippen molar-refractivity contribution in [3.05, 3.63) is 0 Å². The van der Waals surface area contributed by atoms with E-state index in [2.05, 4.69) is 4.74 Å². The molecule has 0 aromatic carbocycles. The minimum atomic E-state index is -1.62. The van der Waals surface area contributed by atoms with Crippen LogP contribution in [0.3, 0.4) is 0 Å². The Kier molecular flexibility index (Phi) is 1.73. The van der Waals surface area contributed by atoms with Crippen molar-refractivity contribution in [1.29, 1.82) is 0 Å². The zero-order valence-corrected chi connectivity index (χ0v) is 7.45. The fraction of sp³-hybridized carbons (Fsp3) is 0.875. The van der Waals surface area contributed by atoms with Crippen LogP contribution < -0.4 is 0 Å². The van der Waals surface area contributed by atoms with E-state index in [-0.39, 0.29) is 6.61 Å². The van der Waals surface area contributed by atoms with Gasteiger partial charge in [-0.05, 0) is 13.8 Å². The van der Waals surface area contributed by atoms with Crippen molar-refractivity contribution in [3.8, 4) is 0 Å². The summed E-state index contributed by atoms with van der Waals surface area (Å²) in [6.07, 6.45) is -2.69. The number of ether oxygens (including phenoxy) is 3. The third-order valence-electron chi connectivity index (χ3n) is 2.66. The molecule has 2 saturated heterocycles. The van der Waals surface area contributed by atoms with Gasteiger partial charge in [-0.3, -0.25) is 0 Å². The molecular formula is C8H11FO4. The number of carbonyl (C=O) groups excluding carboxylic acids is 1. The van der Waals surface area contributed by atoms with Crippen molar-refractivity contribution in [1.82, 2.24) is 0 Å². The molecule has 0 saturated carbocycles. The molecule has 5 heteroatoms. The molecule has 2 aliphatic heterocycles. The summed E-state index contributed by atoms with van der Waals surface area (Å²) in [5.41, 5.74) is -1.62. The lowest BCUT2D eigenvalue weighted by Crippen LogP contribution is -2.47. The first-order valence-corrected chi connectivity index (χ1v) is 4.19. The number of cyclic esters (lactones) is 1. The van der Waals surface area contributed by atoms with Gasteiger partial charge in [0.25, 0.3) is 0 Å². The van der Waals surface area contributed by atoms with E-state index in [1.165, 1.54) is 6.92 Å². The van der Waals surface area contributed by atoms with Crippen LogP contribution in [0.1, 0.15) is 13.8 Å². The molecule has 0 bridgehead atoms. The predicted molar refractivity (Wildman–Crippen MR) is 40.1 cm³/mol. The Balaban J connectivity index is 2.20. The van der Waals surface area contributed by atoms with Gasteiger partial charge in [0.1, 0.15) is 12.7 Å². The highest BCUT2D eigenvalue weighted by atomic mass is 19.1. The Morgan fingerprint density at radius 3 is 3.00 bits per heavy atom. The van der Waals surface area contributed by atoms with Crippen LogP contribution in [0.2, 0.25) is 0 Å². The molecule has 13 heavy (non-hydrogen) atoms. The minimum absolute atomic E-state index is 0.0767. The monoisotopic (exact) mass is 190 g/mol. The van der Waals surface area contributed by atoms with Gasteiger partial charge in [-0.1, -0.05) is 0 Å². The van der Waals surface area contributed by atoms with Gasteiger partial charge in [0, 0.05) is 0 Å². The molecule has 0 radical (unpaired) electrons. The van der Waals surface area contributed by atoms with Gasteiger partial charge in [-0.15, -0.1) is 0 Å². The normalized spacial score (nSPS) is 49.5. The smallest absolute Gasteiger partial charge is 0.431 e. The number of rotatable bonds is 0. The van der Waals surface area contributed by atoms with E-state index in [0.29, 0.717) is 0 Å². The molecular weight excluding hydrogens is 179 g/mol. The highest BCUT2D eigenvalue weighted by molar-refractivity contribution is 5.61. The van der Waals surface area contributed by atoms with Crippen LogP contribution in [-0.2, 0) is 14.2 Å². The van der Waals surface area contributed by atoms with Gasteiger partial charge in [0.2, 0.25) is 0 Å². The lowest BCUT2D eigenvalue weighted by Gasteiger charge is -2.28. The molecule has 0 aliphatic carbocycles. The number of hydrogen-bond acceptors (Lipinski definition) is 4. The maximum atomic E-state index is 13.9. The van der Waals surface area contributed by atoms with Crippen molar-refractivity contribution in [2.45, 2.75) is 37.8 Å². The first-order valence-electron chi connectivity index (χ1n) is 4.19. The van der Waals surface area contributed by atoms with Gasteiger partial charge < -0.3 is 14.2 Å². The summed E-state index contributed by atoms with van der Waals surface area (Å²) in [5.74, 6) is 0. The zero-order valence-electron chi connectivity index (χ0n) is 7.45. The second-order valence-corrected chi connectivity index (χ2v) is 3.57. The number of alkyl halides is 1. The van der Waals surface area contributed by atoms with Crippen LogP contribution in [0.25, 0.3) is 0 Å². The highest BCUT2D eigenvalue weighted by Crippen LogP contribution is 2.38. The summed E-state index contributed by atoms with van der Waals surface area (Å²) in [5, 5.41) is 0. The van der Waals surface area contributed by atoms with Gasteiger partial charge in [-0.2, -0.15) is 0 Å². The molecule has 0 aromatic heterocycles. The fourth-order valence-corrected chi connectivity index (χ4v) is 1.67. The minimum Gasteiger partial charge on any atom is -0.431 e. The fourth-order valence-electron chi connectivity index (χ4n) is 1.67. The molecule has 2 rings (SSSR count). The Morgan fingerprint density at radius 2 is 2.31 bits per heavy atom. The van der Waals surface area contributed by atoms with E-state index in [1.807, 2.05) is 0 Å². The molecule has 4 atom stereocenters. The van der Waals surface area contributed by atoms with E-state index in [9.17, 15) is 9.18 Å². The second-order valence-electron chi connectivity index (χ2n) is 3.57. The Hall–Kier alpha value is -0.840. The molecule has 2 aliphatic rings. The van der Waals surface area contributed by atoms with Crippen LogP contribution in [0.15, 0.2) is 0 Å². The highest BCUT2D eigenvalue weighted by Gasteiger charge is 2.57. The van der Waals surface area contributed by atoms with E-state index < -0.39 is 30.1 Å². The molecule has 74 valence electrons. The Labute approximate surface area is 74.9 Å². The van der Waals surface area contributed by atoms with Gasteiger partial charge in [0.15, 0.2) is 11.8 Å². The molecule has 0 amide bonds. The summed E-state index contributed by atoms with van der Waals surface area (Å²) in [6.45, 7) is 3.07. The molecule has 0 aromatic rings. The maximum Gasteiger partial charge on any atom is 0.508 e. The van der Waals surface area contributed by atoms with Crippen molar-refractivity contribution in [3.63, 3.8) is 0 Å². The van der Waals surface area contributed by atoms with E-state index in [0.717, 1.165) is 0 Å². The molecule has 0 N–H and O–H groups in total. The van der Waals surface area contributed by atoms with Crippen LogP contribution in [0.4, 0.5) is 9.18 Å². The summed E-state index contributed by atoms with van der Waals surface area (Å²) >= 11 is 0. The van der Waals surface area contributed by atoms with Crippen molar-refractivity contribution < 1.29 is 23.4 Å². The number of fused-ring (bicyclic) bond motifs is 1. The van der Waals surface area contributed by atoms with Gasteiger partial charge in [-0.25, -0.2) is 9.18 Å². The van der Waals surface area contributed by atoms with Crippen LogP contribution in [0, 0.1) is 0 Å². The third kappa shape index (κ3) is 1.18. The standard InChI is InChI=1S/C8H11FO4/c1-4-8(2,9)6-5(12-4)3-11-7(10)13-6/h4-6H,3H2,1-2H3/t4-,5?,6+,8-/m0/s1. The van der Waals surface area contributed by atoms with Crippen LogP contribution in [0.5, 0.6) is 0 Å². The quantitative estimate of drug-likeness (QED) is 0.535. The first kappa shape index (κ1) is 8.74. The molecule has 0 spiro atoms. The Bertz CT molecular complexity index is 240. The van der Waals surface area contributed by atoms with Crippen LogP contribution in [-0.4, -0.2) is 36.7 Å². The van der Waals surface area contributed by atoms with E-state index >= 15 is 0 Å². The van der Waals surface area contributed by atoms with Crippen LogP contribution >= 0.6 is 0 Å². The average Bonchev–Trinajstić information content (AvgIpc) is 2.27. The SMILES string of the molecule is C[C@@H]1OC2COC(=O)O[C@H]2[C@@]1(C)F. The zero-order chi connectivity index (χ0) is 9.64. The van der Waals surface area contributed by atoms with Crippen molar-refractivity contribution >= 4 is 6.16 Å². The molecule has 2 fully saturated rings. The lowest BCUT2D eigenvalue weighted by molar-refractivity contribution is -0.0962. The molecule has 2 heterocycles. The third-order valence-corrected chi connectivity index (χ3v) is 2.66. The lowest BCUT2D eigenvalue weighted by atomic mass is 9.95. The number of hydrogen-bond donors (Lipinski definition) is 0. The van der Waals surface area contributed by atoms with E-state index in [4.69, 9.17) is 9.47 Å². The molecule has 1 unspecified atom stereocenters. The maximum absolute atomic E-state index is 13.9. The summed E-state index contributed by atoms with van der Waals surface area (Å²) in [7, 11) is 0. The average molecular weight is 190 g/mol. The van der Waals surface area contributed by atoms with E-state index in [1.54, 1.807) is 6.92 Å². The first-order chi connectivity index (χ1) is 6.01. The summed E-state index contributed by atoms with van der Waals surface area (Å²) in [6, 6.07) is 0. The Morgan fingerprint density at radius 1 is 1.62 bits per heavy atom. The van der Waals surface area contributed by atoms with Crippen molar-refractivity contribution in [2.24, 2.45) is 0 Å². The topological polar surface area (TPSA) is 44.8 Å². The van der Waals surface area contributed by atoms with Gasteiger partial charge in [0.05, 0.1) is 6.10 Å². The second kappa shape index (κ2) is 2.57. The van der Waals surface area contributed by atoms with Crippen molar-refractivity contribution in [2.75, 3.05) is 6.61 Å². The number of carbonyl (C=O) groups is 1.